The first-order valence-corrected chi connectivity index (χ1v) is 7.54. The van der Waals surface area contributed by atoms with Gasteiger partial charge in [0.15, 0.2) is 0 Å². The standard InChI is InChI=1S/C15H30O3/c1-13-5-3-4-6-15(8-7-14(13)2)18-12-11-17-10-9-16/h13-16H,3-12H2,1-2H3. The number of aliphatic hydroxyl groups excluding tert-OH is 1. The molecule has 0 aliphatic heterocycles. The summed E-state index contributed by atoms with van der Waals surface area (Å²) in [5.74, 6) is 1.68. The van der Waals surface area contributed by atoms with E-state index in [1.165, 1.54) is 38.5 Å². The summed E-state index contributed by atoms with van der Waals surface area (Å²) in [6, 6.07) is 0. The Bertz CT molecular complexity index is 196. The molecule has 3 unspecified atom stereocenters. The van der Waals surface area contributed by atoms with Gasteiger partial charge in [0.1, 0.15) is 0 Å². The van der Waals surface area contributed by atoms with Crippen molar-refractivity contribution in [1.29, 1.82) is 0 Å². The van der Waals surface area contributed by atoms with Crippen molar-refractivity contribution in [3.8, 4) is 0 Å². The average molecular weight is 258 g/mol. The summed E-state index contributed by atoms with van der Waals surface area (Å²) >= 11 is 0. The molecule has 0 bridgehead atoms. The maximum Gasteiger partial charge on any atom is 0.0704 e. The van der Waals surface area contributed by atoms with Crippen LogP contribution in [0.1, 0.15) is 52.4 Å². The summed E-state index contributed by atoms with van der Waals surface area (Å²) in [6.45, 7) is 6.53. The molecule has 3 nitrogen and oxygen atoms in total. The molecule has 18 heavy (non-hydrogen) atoms. The van der Waals surface area contributed by atoms with Crippen molar-refractivity contribution < 1.29 is 14.6 Å². The van der Waals surface area contributed by atoms with Gasteiger partial charge in [0.25, 0.3) is 0 Å². The minimum atomic E-state index is 0.0961. The molecule has 1 fully saturated rings. The van der Waals surface area contributed by atoms with Crippen molar-refractivity contribution in [3.63, 3.8) is 0 Å². The van der Waals surface area contributed by atoms with Gasteiger partial charge in [-0.3, -0.25) is 0 Å². The molecule has 0 aromatic heterocycles. The molecule has 3 heteroatoms. The summed E-state index contributed by atoms with van der Waals surface area (Å²) in [5.41, 5.74) is 0. The van der Waals surface area contributed by atoms with E-state index in [0.29, 0.717) is 25.9 Å². The third-order valence-corrected chi connectivity index (χ3v) is 4.17. The van der Waals surface area contributed by atoms with Crippen LogP contribution in [-0.4, -0.2) is 37.6 Å². The Morgan fingerprint density at radius 3 is 2.39 bits per heavy atom. The minimum Gasteiger partial charge on any atom is -0.394 e. The van der Waals surface area contributed by atoms with Gasteiger partial charge in [-0.2, -0.15) is 0 Å². The molecule has 3 atom stereocenters. The highest BCUT2D eigenvalue weighted by atomic mass is 16.5. The Labute approximate surface area is 112 Å². The lowest BCUT2D eigenvalue weighted by molar-refractivity contribution is -0.0106. The fraction of sp³-hybridized carbons (Fsp3) is 1.00. The lowest BCUT2D eigenvalue weighted by Crippen LogP contribution is -2.18. The highest BCUT2D eigenvalue weighted by molar-refractivity contribution is 4.69. The highest BCUT2D eigenvalue weighted by Crippen LogP contribution is 2.27. The zero-order chi connectivity index (χ0) is 13.2. The van der Waals surface area contributed by atoms with E-state index in [1.54, 1.807) is 0 Å². The molecule has 1 aliphatic rings. The van der Waals surface area contributed by atoms with Crippen LogP contribution in [0.3, 0.4) is 0 Å². The zero-order valence-corrected chi connectivity index (χ0v) is 12.1. The Kier molecular flexibility index (Phi) is 8.64. The van der Waals surface area contributed by atoms with Crippen LogP contribution in [0.15, 0.2) is 0 Å². The SMILES string of the molecule is CC1CCCCC(OCCOCCO)CCC1C. The first kappa shape index (κ1) is 15.9. The quantitative estimate of drug-likeness (QED) is 0.744. The van der Waals surface area contributed by atoms with Crippen molar-refractivity contribution >= 4 is 0 Å². The Morgan fingerprint density at radius 2 is 1.61 bits per heavy atom. The summed E-state index contributed by atoms with van der Waals surface area (Å²) in [7, 11) is 0. The molecule has 0 heterocycles. The highest BCUT2D eigenvalue weighted by Gasteiger charge is 2.18. The lowest BCUT2D eigenvalue weighted by atomic mass is 9.88. The molecule has 1 aliphatic carbocycles. The summed E-state index contributed by atoms with van der Waals surface area (Å²) in [6.07, 6.45) is 8.07. The van der Waals surface area contributed by atoms with E-state index in [2.05, 4.69) is 13.8 Å². The van der Waals surface area contributed by atoms with E-state index in [1.807, 2.05) is 0 Å². The van der Waals surface area contributed by atoms with E-state index in [9.17, 15) is 0 Å². The minimum absolute atomic E-state index is 0.0961. The first-order valence-electron chi connectivity index (χ1n) is 7.54. The van der Waals surface area contributed by atoms with E-state index in [0.717, 1.165) is 11.8 Å². The van der Waals surface area contributed by atoms with Crippen molar-refractivity contribution in [2.24, 2.45) is 11.8 Å². The van der Waals surface area contributed by atoms with Crippen LogP contribution in [0.2, 0.25) is 0 Å². The van der Waals surface area contributed by atoms with Crippen molar-refractivity contribution in [2.45, 2.75) is 58.5 Å². The number of rotatable bonds is 6. The van der Waals surface area contributed by atoms with Gasteiger partial charge >= 0.3 is 0 Å². The molecular formula is C15H30O3. The number of hydrogen-bond acceptors (Lipinski definition) is 3. The molecule has 0 saturated heterocycles. The van der Waals surface area contributed by atoms with Crippen molar-refractivity contribution in [3.05, 3.63) is 0 Å². The first-order chi connectivity index (χ1) is 8.74. The van der Waals surface area contributed by atoms with Crippen LogP contribution in [0, 0.1) is 11.8 Å². The average Bonchev–Trinajstić information content (AvgIpc) is 2.44. The molecule has 0 amide bonds. The fourth-order valence-electron chi connectivity index (χ4n) is 2.61. The molecular weight excluding hydrogens is 228 g/mol. The summed E-state index contributed by atoms with van der Waals surface area (Å²) in [4.78, 5) is 0. The Balaban J connectivity index is 2.18. The molecule has 1 rings (SSSR count). The molecule has 0 aromatic rings. The Hall–Kier alpha value is -0.120. The van der Waals surface area contributed by atoms with Crippen LogP contribution in [0.25, 0.3) is 0 Å². The number of hydrogen-bond donors (Lipinski definition) is 1. The third-order valence-electron chi connectivity index (χ3n) is 4.17. The van der Waals surface area contributed by atoms with E-state index < -0.39 is 0 Å². The molecule has 0 radical (unpaired) electrons. The van der Waals surface area contributed by atoms with Crippen LogP contribution in [-0.2, 0) is 9.47 Å². The van der Waals surface area contributed by atoms with Crippen LogP contribution >= 0.6 is 0 Å². The second-order valence-electron chi connectivity index (χ2n) is 5.65. The largest absolute Gasteiger partial charge is 0.394 e. The summed E-state index contributed by atoms with van der Waals surface area (Å²) in [5, 5.41) is 8.60. The van der Waals surface area contributed by atoms with Crippen LogP contribution in [0.5, 0.6) is 0 Å². The smallest absolute Gasteiger partial charge is 0.0704 e. The van der Waals surface area contributed by atoms with Gasteiger partial charge in [0.05, 0.1) is 32.5 Å². The monoisotopic (exact) mass is 258 g/mol. The maximum atomic E-state index is 8.60. The van der Waals surface area contributed by atoms with Gasteiger partial charge in [-0.05, 0) is 31.1 Å². The van der Waals surface area contributed by atoms with Gasteiger partial charge < -0.3 is 14.6 Å². The maximum absolute atomic E-state index is 8.60. The fourth-order valence-corrected chi connectivity index (χ4v) is 2.61. The van der Waals surface area contributed by atoms with Crippen LogP contribution in [0.4, 0.5) is 0 Å². The normalized spacial score (nSPS) is 30.5. The van der Waals surface area contributed by atoms with Crippen molar-refractivity contribution in [1.82, 2.24) is 0 Å². The molecule has 1 saturated carbocycles. The lowest BCUT2D eigenvalue weighted by Gasteiger charge is -2.20. The second kappa shape index (κ2) is 9.76. The molecule has 108 valence electrons. The number of aliphatic hydroxyl groups is 1. The van der Waals surface area contributed by atoms with Gasteiger partial charge in [-0.1, -0.05) is 33.1 Å². The van der Waals surface area contributed by atoms with Crippen LogP contribution < -0.4 is 0 Å². The van der Waals surface area contributed by atoms with E-state index >= 15 is 0 Å². The second-order valence-corrected chi connectivity index (χ2v) is 5.65. The van der Waals surface area contributed by atoms with Gasteiger partial charge in [0, 0.05) is 0 Å². The summed E-state index contributed by atoms with van der Waals surface area (Å²) < 4.78 is 11.1. The van der Waals surface area contributed by atoms with Crippen molar-refractivity contribution in [2.75, 3.05) is 26.4 Å². The van der Waals surface area contributed by atoms with Gasteiger partial charge in [0.2, 0.25) is 0 Å². The third kappa shape index (κ3) is 6.72. The number of ether oxygens (including phenoxy) is 2. The predicted molar refractivity (Wildman–Crippen MR) is 73.7 cm³/mol. The zero-order valence-electron chi connectivity index (χ0n) is 12.1. The van der Waals surface area contributed by atoms with E-state index in [4.69, 9.17) is 14.6 Å². The molecule has 1 N–H and O–H groups in total. The molecule has 0 spiro atoms. The van der Waals surface area contributed by atoms with E-state index in [-0.39, 0.29) is 6.61 Å². The predicted octanol–water partition coefficient (Wildman–Crippen LogP) is 3.01. The molecule has 0 aromatic carbocycles. The van der Waals surface area contributed by atoms with Gasteiger partial charge in [-0.15, -0.1) is 0 Å². The topological polar surface area (TPSA) is 38.7 Å². The Morgan fingerprint density at radius 1 is 0.889 bits per heavy atom. The van der Waals surface area contributed by atoms with Gasteiger partial charge in [-0.25, -0.2) is 0 Å².